The predicted molar refractivity (Wildman–Crippen MR) is 144 cm³/mol. The molecule has 3 nitrogen and oxygen atoms in total. The van der Waals surface area contributed by atoms with Crippen molar-refractivity contribution in [3.8, 4) is 11.3 Å². The van der Waals surface area contributed by atoms with Crippen molar-refractivity contribution in [1.82, 2.24) is 9.88 Å². The fourth-order valence-corrected chi connectivity index (χ4v) is 4.43. The number of amides is 1. The van der Waals surface area contributed by atoms with Gasteiger partial charge in [-0.05, 0) is 35.4 Å². The molecule has 0 aliphatic heterocycles. The second kappa shape index (κ2) is 10.3. The van der Waals surface area contributed by atoms with Crippen molar-refractivity contribution in [2.75, 3.05) is 0 Å². The Morgan fingerprint density at radius 3 is 1.91 bits per heavy atom. The van der Waals surface area contributed by atoms with E-state index in [4.69, 9.17) is 28.2 Å². The molecule has 5 heteroatoms. The SMILES string of the molecule is O=C(c1cc(-c2ccc(Cl)c(Cl)c2)nc2ccccc12)N(Cc1ccccc1)Cc1ccccc1. The van der Waals surface area contributed by atoms with E-state index in [1.165, 1.54) is 0 Å². The molecule has 1 aromatic heterocycles. The summed E-state index contributed by atoms with van der Waals surface area (Å²) in [5.74, 6) is -0.0578. The molecule has 0 unspecified atom stereocenters. The van der Waals surface area contributed by atoms with Crippen molar-refractivity contribution in [2.45, 2.75) is 13.1 Å². The number of nitrogens with zero attached hydrogens (tertiary/aromatic N) is 2. The summed E-state index contributed by atoms with van der Waals surface area (Å²) >= 11 is 12.4. The molecule has 0 fully saturated rings. The molecule has 4 aromatic carbocycles. The molecular formula is C30H22Cl2N2O. The highest BCUT2D eigenvalue weighted by Gasteiger charge is 2.21. The largest absolute Gasteiger partial charge is 0.330 e. The van der Waals surface area contributed by atoms with Gasteiger partial charge in [-0.25, -0.2) is 4.98 Å². The minimum Gasteiger partial charge on any atom is -0.330 e. The number of benzene rings is 4. The summed E-state index contributed by atoms with van der Waals surface area (Å²) in [5.41, 5.74) is 4.96. The van der Waals surface area contributed by atoms with E-state index in [1.54, 1.807) is 12.1 Å². The van der Waals surface area contributed by atoms with Crippen molar-refractivity contribution >= 4 is 40.0 Å². The Kier molecular flexibility index (Phi) is 6.80. The third-order valence-electron chi connectivity index (χ3n) is 5.88. The van der Waals surface area contributed by atoms with Crippen LogP contribution in [0.3, 0.4) is 0 Å². The summed E-state index contributed by atoms with van der Waals surface area (Å²) in [5, 5.41) is 1.73. The van der Waals surface area contributed by atoms with Gasteiger partial charge < -0.3 is 4.90 Å². The number of carbonyl (C=O) groups is 1. The molecule has 0 bridgehead atoms. The van der Waals surface area contributed by atoms with Crippen LogP contribution in [0.25, 0.3) is 22.2 Å². The van der Waals surface area contributed by atoms with Gasteiger partial charge in [0.25, 0.3) is 5.91 Å². The second-order valence-electron chi connectivity index (χ2n) is 8.33. The van der Waals surface area contributed by atoms with Gasteiger partial charge in [-0.15, -0.1) is 0 Å². The Morgan fingerprint density at radius 1 is 0.686 bits per heavy atom. The quantitative estimate of drug-likeness (QED) is 0.238. The molecule has 0 saturated heterocycles. The van der Waals surface area contributed by atoms with E-state index < -0.39 is 0 Å². The normalized spacial score (nSPS) is 10.9. The number of para-hydroxylation sites is 1. The van der Waals surface area contributed by atoms with Crippen molar-refractivity contribution in [1.29, 1.82) is 0 Å². The highest BCUT2D eigenvalue weighted by molar-refractivity contribution is 6.42. The van der Waals surface area contributed by atoms with Crippen LogP contribution in [-0.4, -0.2) is 15.8 Å². The number of carbonyl (C=O) groups excluding carboxylic acids is 1. The average molecular weight is 497 g/mol. The van der Waals surface area contributed by atoms with Gasteiger partial charge in [0.1, 0.15) is 0 Å². The maximum Gasteiger partial charge on any atom is 0.255 e. The first-order chi connectivity index (χ1) is 17.1. The van der Waals surface area contributed by atoms with Crippen molar-refractivity contribution in [3.63, 3.8) is 0 Å². The lowest BCUT2D eigenvalue weighted by Gasteiger charge is -2.24. The Bertz CT molecular complexity index is 1450. The number of aromatic nitrogens is 1. The number of hydrogen-bond donors (Lipinski definition) is 0. The van der Waals surface area contributed by atoms with Gasteiger partial charge in [0.2, 0.25) is 0 Å². The lowest BCUT2D eigenvalue weighted by atomic mass is 10.0. The maximum absolute atomic E-state index is 14.1. The summed E-state index contributed by atoms with van der Waals surface area (Å²) in [7, 11) is 0. The van der Waals surface area contributed by atoms with Crippen LogP contribution in [0.15, 0.2) is 109 Å². The van der Waals surface area contributed by atoms with Crippen molar-refractivity contribution in [3.05, 3.63) is 136 Å². The van der Waals surface area contributed by atoms with E-state index in [9.17, 15) is 4.79 Å². The van der Waals surface area contributed by atoms with Gasteiger partial charge in [-0.3, -0.25) is 4.79 Å². The first-order valence-corrected chi connectivity index (χ1v) is 12.1. The number of hydrogen-bond acceptors (Lipinski definition) is 2. The Balaban J connectivity index is 1.61. The average Bonchev–Trinajstić information content (AvgIpc) is 2.90. The third kappa shape index (κ3) is 5.22. The zero-order chi connectivity index (χ0) is 24.2. The first kappa shape index (κ1) is 23.1. The van der Waals surface area contributed by atoms with Crippen LogP contribution in [0.4, 0.5) is 0 Å². The second-order valence-corrected chi connectivity index (χ2v) is 9.15. The van der Waals surface area contributed by atoms with Crippen molar-refractivity contribution in [2.24, 2.45) is 0 Å². The Hall–Kier alpha value is -3.66. The summed E-state index contributed by atoms with van der Waals surface area (Å²) < 4.78 is 0. The molecule has 0 N–H and O–H groups in total. The van der Waals surface area contributed by atoms with E-state index in [0.717, 1.165) is 27.6 Å². The fraction of sp³-hybridized carbons (Fsp3) is 0.0667. The Morgan fingerprint density at radius 2 is 1.29 bits per heavy atom. The van der Waals surface area contributed by atoms with Crippen LogP contribution >= 0.6 is 23.2 Å². The van der Waals surface area contributed by atoms with Crippen LogP contribution in [-0.2, 0) is 13.1 Å². The highest BCUT2D eigenvalue weighted by Crippen LogP contribution is 2.31. The fourth-order valence-electron chi connectivity index (χ4n) is 4.13. The van der Waals surface area contributed by atoms with Crippen LogP contribution in [0.2, 0.25) is 10.0 Å². The lowest BCUT2D eigenvalue weighted by Crippen LogP contribution is -2.30. The zero-order valence-electron chi connectivity index (χ0n) is 18.9. The molecule has 0 aliphatic rings. The first-order valence-electron chi connectivity index (χ1n) is 11.3. The van der Waals surface area contributed by atoms with Crippen LogP contribution < -0.4 is 0 Å². The van der Waals surface area contributed by atoms with Gasteiger partial charge in [0, 0.05) is 24.0 Å². The molecule has 0 aliphatic carbocycles. The smallest absolute Gasteiger partial charge is 0.255 e. The topological polar surface area (TPSA) is 33.2 Å². The monoisotopic (exact) mass is 496 g/mol. The Labute approximate surface area is 214 Å². The van der Waals surface area contributed by atoms with Crippen LogP contribution in [0, 0.1) is 0 Å². The van der Waals surface area contributed by atoms with E-state index in [2.05, 4.69) is 0 Å². The number of fused-ring (bicyclic) bond motifs is 1. The molecular weight excluding hydrogens is 475 g/mol. The van der Waals surface area contributed by atoms with E-state index in [-0.39, 0.29) is 5.91 Å². The third-order valence-corrected chi connectivity index (χ3v) is 6.62. The molecule has 35 heavy (non-hydrogen) atoms. The molecule has 0 spiro atoms. The van der Waals surface area contributed by atoms with Crippen molar-refractivity contribution < 1.29 is 4.79 Å². The zero-order valence-corrected chi connectivity index (χ0v) is 20.4. The van der Waals surface area contributed by atoms with Gasteiger partial charge in [-0.1, -0.05) is 108 Å². The predicted octanol–water partition coefficient (Wildman–Crippen LogP) is 8.05. The van der Waals surface area contributed by atoms with E-state index in [1.807, 2.05) is 102 Å². The molecule has 5 aromatic rings. The number of pyridine rings is 1. The molecule has 0 atom stereocenters. The standard InChI is InChI=1S/C30H22Cl2N2O/c31-26-16-15-23(17-27(26)32)29-18-25(24-13-7-8-14-28(24)33-29)30(35)34(19-21-9-3-1-4-10-21)20-22-11-5-2-6-12-22/h1-18H,19-20H2. The van der Waals surface area contributed by atoms with Gasteiger partial charge in [0.05, 0.1) is 26.8 Å². The van der Waals surface area contributed by atoms with Crippen LogP contribution in [0.1, 0.15) is 21.5 Å². The lowest BCUT2D eigenvalue weighted by molar-refractivity contribution is 0.0732. The minimum atomic E-state index is -0.0578. The molecule has 0 radical (unpaired) electrons. The van der Waals surface area contributed by atoms with E-state index in [0.29, 0.717) is 34.4 Å². The minimum absolute atomic E-state index is 0.0578. The number of rotatable bonds is 6. The molecule has 172 valence electrons. The maximum atomic E-state index is 14.1. The summed E-state index contributed by atoms with van der Waals surface area (Å²) in [6.07, 6.45) is 0. The highest BCUT2D eigenvalue weighted by atomic mass is 35.5. The molecule has 5 rings (SSSR count). The molecule has 1 amide bonds. The molecule has 1 heterocycles. The van der Waals surface area contributed by atoms with Gasteiger partial charge >= 0.3 is 0 Å². The van der Waals surface area contributed by atoms with Gasteiger partial charge in [0.15, 0.2) is 0 Å². The van der Waals surface area contributed by atoms with Gasteiger partial charge in [-0.2, -0.15) is 0 Å². The van der Waals surface area contributed by atoms with E-state index >= 15 is 0 Å². The molecule has 0 saturated carbocycles. The number of halogens is 2. The van der Waals surface area contributed by atoms with Crippen LogP contribution in [0.5, 0.6) is 0 Å². The summed E-state index contributed by atoms with van der Waals surface area (Å²) in [6.45, 7) is 0.987. The summed E-state index contributed by atoms with van der Waals surface area (Å²) in [4.78, 5) is 20.8. The summed E-state index contributed by atoms with van der Waals surface area (Å²) in [6, 6.07) is 35.0.